The Morgan fingerprint density at radius 3 is 2.32 bits per heavy atom. The number of methoxy groups -OCH3 is 2. The molecule has 198 valence electrons. The van der Waals surface area contributed by atoms with E-state index in [2.05, 4.69) is 45.9 Å². The van der Waals surface area contributed by atoms with Crippen molar-refractivity contribution in [1.29, 1.82) is 0 Å². The van der Waals surface area contributed by atoms with Gasteiger partial charge in [0.05, 0.1) is 19.7 Å². The van der Waals surface area contributed by atoms with Crippen LogP contribution in [0.5, 0.6) is 17.2 Å². The summed E-state index contributed by atoms with van der Waals surface area (Å²) in [6.07, 6.45) is 2.86. The summed E-state index contributed by atoms with van der Waals surface area (Å²) >= 11 is 0. The maximum absolute atomic E-state index is 9.55. The molecule has 0 aliphatic carbocycles. The molecule has 5 rings (SSSR count). The van der Waals surface area contributed by atoms with Crippen LogP contribution < -0.4 is 20.1 Å². The van der Waals surface area contributed by atoms with Crippen LogP contribution in [-0.2, 0) is 13.0 Å². The van der Waals surface area contributed by atoms with E-state index in [9.17, 15) is 5.11 Å². The van der Waals surface area contributed by atoms with Crippen LogP contribution in [0.3, 0.4) is 0 Å². The third kappa shape index (κ3) is 6.26. The Morgan fingerprint density at radius 2 is 1.61 bits per heavy atom. The molecule has 1 fully saturated rings. The fourth-order valence-corrected chi connectivity index (χ4v) is 4.90. The fourth-order valence-electron chi connectivity index (χ4n) is 4.90. The topological polar surface area (TPSA) is 91.8 Å². The molecule has 0 unspecified atom stereocenters. The summed E-state index contributed by atoms with van der Waals surface area (Å²) in [4.78, 5) is 12.2. The lowest BCUT2D eigenvalue weighted by atomic mass is 10.0. The molecule has 1 aromatic heterocycles. The van der Waals surface area contributed by atoms with Crippen molar-refractivity contribution in [3.05, 3.63) is 77.9 Å². The predicted octanol–water partition coefficient (Wildman–Crippen LogP) is 5.08. The summed E-state index contributed by atoms with van der Waals surface area (Å²) < 4.78 is 11.1. The van der Waals surface area contributed by atoms with Crippen molar-refractivity contribution in [3.63, 3.8) is 0 Å². The van der Waals surface area contributed by atoms with E-state index in [1.807, 2.05) is 24.3 Å². The highest BCUT2D eigenvalue weighted by atomic mass is 16.5. The highest BCUT2D eigenvalue weighted by Crippen LogP contribution is 2.35. The molecule has 0 saturated carbocycles. The van der Waals surface area contributed by atoms with Crippen LogP contribution in [-0.4, -0.2) is 59.9 Å². The Morgan fingerprint density at radius 1 is 0.895 bits per heavy atom. The van der Waals surface area contributed by atoms with E-state index in [4.69, 9.17) is 19.4 Å². The number of aromatic nitrogens is 2. The first-order valence-corrected chi connectivity index (χ1v) is 13.1. The normalized spacial score (nSPS) is 14.4. The largest absolute Gasteiger partial charge is 0.508 e. The van der Waals surface area contributed by atoms with Gasteiger partial charge in [0.2, 0.25) is 5.95 Å². The molecule has 3 N–H and O–H groups in total. The maximum Gasteiger partial charge on any atom is 0.225 e. The number of hydrogen-bond acceptors (Lipinski definition) is 8. The van der Waals surface area contributed by atoms with E-state index in [1.165, 1.54) is 5.56 Å². The summed E-state index contributed by atoms with van der Waals surface area (Å²) in [7, 11) is 3.26. The molecule has 1 saturated heterocycles. The van der Waals surface area contributed by atoms with Gasteiger partial charge >= 0.3 is 0 Å². The summed E-state index contributed by atoms with van der Waals surface area (Å²) in [5.74, 6) is 2.90. The lowest BCUT2D eigenvalue weighted by Gasteiger charge is -2.32. The number of likely N-dealkylation sites (tertiary alicyclic amines) is 1. The molecule has 0 bridgehead atoms. The van der Waals surface area contributed by atoms with E-state index in [1.54, 1.807) is 26.4 Å². The number of aromatic hydroxyl groups is 1. The molecule has 0 radical (unpaired) electrons. The van der Waals surface area contributed by atoms with Crippen molar-refractivity contribution in [2.75, 3.05) is 44.5 Å². The molecule has 38 heavy (non-hydrogen) atoms. The monoisotopic (exact) mass is 513 g/mol. The van der Waals surface area contributed by atoms with E-state index in [-0.39, 0.29) is 5.75 Å². The van der Waals surface area contributed by atoms with E-state index in [0.29, 0.717) is 30.0 Å². The Kier molecular flexibility index (Phi) is 8.09. The number of piperidine rings is 1. The minimum Gasteiger partial charge on any atom is -0.508 e. The van der Waals surface area contributed by atoms with Gasteiger partial charge < -0.3 is 25.2 Å². The Balaban J connectivity index is 1.31. The van der Waals surface area contributed by atoms with Crippen LogP contribution in [0.4, 0.5) is 11.8 Å². The number of hydrogen-bond donors (Lipinski definition) is 3. The summed E-state index contributed by atoms with van der Waals surface area (Å²) in [5, 5.41) is 17.5. The van der Waals surface area contributed by atoms with E-state index < -0.39 is 0 Å². The molecule has 1 aliphatic rings. The predicted molar refractivity (Wildman–Crippen MR) is 151 cm³/mol. The van der Waals surface area contributed by atoms with Crippen LogP contribution in [0.15, 0.2) is 66.7 Å². The second-order valence-electron chi connectivity index (χ2n) is 9.64. The van der Waals surface area contributed by atoms with Gasteiger partial charge in [0.1, 0.15) is 11.6 Å². The average Bonchev–Trinajstić information content (AvgIpc) is 2.95. The number of nitrogens with zero attached hydrogens (tertiary/aromatic N) is 3. The Hall–Kier alpha value is -4.04. The smallest absolute Gasteiger partial charge is 0.225 e. The molecule has 1 aliphatic heterocycles. The highest BCUT2D eigenvalue weighted by Gasteiger charge is 2.21. The van der Waals surface area contributed by atoms with Crippen LogP contribution in [0.2, 0.25) is 0 Å². The number of anilines is 2. The van der Waals surface area contributed by atoms with Crippen molar-refractivity contribution in [2.45, 2.75) is 31.8 Å². The lowest BCUT2D eigenvalue weighted by Crippen LogP contribution is -2.39. The Bertz CT molecular complexity index is 1340. The molecule has 4 aromatic rings. The summed E-state index contributed by atoms with van der Waals surface area (Å²) in [6.45, 7) is 3.73. The molecule has 0 spiro atoms. The van der Waals surface area contributed by atoms with Gasteiger partial charge in [0.15, 0.2) is 11.5 Å². The van der Waals surface area contributed by atoms with Crippen molar-refractivity contribution < 1.29 is 14.6 Å². The minimum absolute atomic E-state index is 0.270. The molecule has 2 heterocycles. The van der Waals surface area contributed by atoms with Crippen LogP contribution in [0, 0.1) is 0 Å². The SMILES string of the molecule is COc1cc2nc(NC3CCN(Cc4ccccc4)CC3)nc(NCCc3ccc(O)cc3)c2cc1OC. The molecule has 8 nitrogen and oxygen atoms in total. The molecular weight excluding hydrogens is 478 g/mol. The van der Waals surface area contributed by atoms with Crippen molar-refractivity contribution in [3.8, 4) is 17.2 Å². The molecule has 8 heteroatoms. The number of fused-ring (bicyclic) bond motifs is 1. The fraction of sp³-hybridized carbons (Fsp3) is 0.333. The summed E-state index contributed by atoms with van der Waals surface area (Å²) in [5.41, 5.74) is 3.27. The van der Waals surface area contributed by atoms with Gasteiger partial charge in [-0.15, -0.1) is 0 Å². The number of benzene rings is 3. The number of ether oxygens (including phenoxy) is 2. The average molecular weight is 514 g/mol. The van der Waals surface area contributed by atoms with Gasteiger partial charge in [-0.3, -0.25) is 4.90 Å². The maximum atomic E-state index is 9.55. The van der Waals surface area contributed by atoms with E-state index in [0.717, 1.165) is 61.2 Å². The number of phenolic OH excluding ortho intramolecular Hbond substituents is 1. The Labute approximate surface area is 223 Å². The third-order valence-corrected chi connectivity index (χ3v) is 7.01. The van der Waals surface area contributed by atoms with Crippen LogP contribution in [0.25, 0.3) is 10.9 Å². The standard InChI is InChI=1S/C30H35N5O3/c1-37-27-18-25-26(19-28(27)38-2)33-30(34-29(25)31-15-12-21-8-10-24(36)11-9-21)32-23-13-16-35(17-14-23)20-22-6-4-3-5-7-22/h3-11,18-19,23,36H,12-17,20H2,1-2H3,(H2,31,32,33,34). The second-order valence-corrected chi connectivity index (χ2v) is 9.64. The van der Waals surface area contributed by atoms with Crippen molar-refractivity contribution in [2.24, 2.45) is 0 Å². The lowest BCUT2D eigenvalue weighted by molar-refractivity contribution is 0.211. The summed E-state index contributed by atoms with van der Waals surface area (Å²) in [6, 6.07) is 22.0. The van der Waals surface area contributed by atoms with Crippen LogP contribution >= 0.6 is 0 Å². The van der Waals surface area contributed by atoms with Crippen molar-refractivity contribution in [1.82, 2.24) is 14.9 Å². The molecule has 0 amide bonds. The number of phenols is 1. The van der Waals surface area contributed by atoms with Crippen LogP contribution in [0.1, 0.15) is 24.0 Å². The highest BCUT2D eigenvalue weighted by molar-refractivity contribution is 5.92. The van der Waals surface area contributed by atoms with Gasteiger partial charge in [-0.1, -0.05) is 42.5 Å². The van der Waals surface area contributed by atoms with Crippen molar-refractivity contribution >= 4 is 22.7 Å². The molecule has 0 atom stereocenters. The second kappa shape index (κ2) is 12.0. The van der Waals surface area contributed by atoms with E-state index >= 15 is 0 Å². The zero-order chi connectivity index (χ0) is 26.3. The first-order valence-electron chi connectivity index (χ1n) is 13.1. The molecule has 3 aromatic carbocycles. The quantitative estimate of drug-likeness (QED) is 0.270. The number of nitrogens with one attached hydrogen (secondary N) is 2. The zero-order valence-corrected chi connectivity index (χ0v) is 22.0. The van der Waals surface area contributed by atoms with Gasteiger partial charge in [-0.2, -0.15) is 4.98 Å². The third-order valence-electron chi connectivity index (χ3n) is 7.01. The minimum atomic E-state index is 0.270. The molecular formula is C30H35N5O3. The zero-order valence-electron chi connectivity index (χ0n) is 22.0. The van der Waals surface area contributed by atoms with Gasteiger partial charge in [0.25, 0.3) is 0 Å². The first kappa shape index (κ1) is 25.6. The van der Waals surface area contributed by atoms with Gasteiger partial charge in [0, 0.05) is 43.7 Å². The first-order chi connectivity index (χ1) is 18.6. The van der Waals surface area contributed by atoms with Gasteiger partial charge in [-0.05, 0) is 48.6 Å². The van der Waals surface area contributed by atoms with Gasteiger partial charge in [-0.25, -0.2) is 4.98 Å². The number of rotatable bonds is 10.